The summed E-state index contributed by atoms with van der Waals surface area (Å²) in [6.07, 6.45) is -3.71. The summed E-state index contributed by atoms with van der Waals surface area (Å²) in [5.41, 5.74) is -0.718. The van der Waals surface area contributed by atoms with E-state index in [1.54, 1.807) is 0 Å². The molecule has 0 aromatic heterocycles. The molecule has 20 heavy (non-hydrogen) atoms. The molecule has 1 aromatic carbocycles. The van der Waals surface area contributed by atoms with Crippen LogP contribution in [0, 0.1) is 11.8 Å². The molecule has 0 unspecified atom stereocenters. The van der Waals surface area contributed by atoms with Crippen LogP contribution < -0.4 is 0 Å². The molecular formula is C14H11F3O2S. The van der Waals surface area contributed by atoms with Gasteiger partial charge in [-0.2, -0.15) is 13.2 Å². The van der Waals surface area contributed by atoms with Crippen molar-refractivity contribution in [3.63, 3.8) is 0 Å². The Morgan fingerprint density at radius 1 is 1.40 bits per heavy atom. The summed E-state index contributed by atoms with van der Waals surface area (Å²) >= 11 is 1.12. The van der Waals surface area contributed by atoms with Crippen LogP contribution in [0.15, 0.2) is 18.2 Å². The lowest BCUT2D eigenvalue weighted by Crippen LogP contribution is -2.06. The van der Waals surface area contributed by atoms with Gasteiger partial charge in [-0.15, -0.1) is 0 Å². The molecule has 0 N–H and O–H groups in total. The van der Waals surface area contributed by atoms with Crippen molar-refractivity contribution in [2.45, 2.75) is 19.5 Å². The molecule has 0 saturated carbocycles. The number of hydrogen-bond acceptors (Lipinski definition) is 3. The summed E-state index contributed by atoms with van der Waals surface area (Å²) in [5, 5.41) is -0.0186. The van der Waals surface area contributed by atoms with Crippen LogP contribution in [0.1, 0.15) is 34.8 Å². The quantitative estimate of drug-likeness (QED) is 0.486. The number of alkyl halides is 3. The highest BCUT2D eigenvalue weighted by atomic mass is 32.2. The average molecular weight is 300 g/mol. The van der Waals surface area contributed by atoms with Crippen LogP contribution in [0.3, 0.4) is 0 Å². The summed E-state index contributed by atoms with van der Waals surface area (Å²) in [6, 6.07) is 2.85. The van der Waals surface area contributed by atoms with E-state index in [1.165, 1.54) is 13.0 Å². The van der Waals surface area contributed by atoms with E-state index in [4.69, 9.17) is 0 Å². The van der Waals surface area contributed by atoms with Crippen LogP contribution in [0.25, 0.3) is 0 Å². The van der Waals surface area contributed by atoms with Crippen LogP contribution in [0.5, 0.6) is 0 Å². The van der Waals surface area contributed by atoms with Gasteiger partial charge in [-0.3, -0.25) is 9.59 Å². The van der Waals surface area contributed by atoms with Crippen LogP contribution in [-0.4, -0.2) is 17.2 Å². The predicted molar refractivity (Wildman–Crippen MR) is 71.5 cm³/mol. The zero-order valence-electron chi connectivity index (χ0n) is 10.6. The maximum absolute atomic E-state index is 12.5. The zero-order chi connectivity index (χ0) is 15.2. The number of rotatable bonds is 3. The first-order valence-corrected chi connectivity index (χ1v) is 6.62. The molecule has 0 fully saturated rings. The first-order chi connectivity index (χ1) is 9.34. The molecule has 6 heteroatoms. The highest BCUT2D eigenvalue weighted by molar-refractivity contribution is 8.13. The van der Waals surface area contributed by atoms with Crippen LogP contribution in [-0.2, 0) is 11.0 Å². The normalized spacial score (nSPS) is 10.6. The Morgan fingerprint density at radius 3 is 2.65 bits per heavy atom. The Morgan fingerprint density at radius 2 is 2.10 bits per heavy atom. The molecule has 0 aliphatic carbocycles. The van der Waals surface area contributed by atoms with Crippen molar-refractivity contribution >= 4 is 23.2 Å². The lowest BCUT2D eigenvalue weighted by Gasteiger charge is -2.07. The van der Waals surface area contributed by atoms with Crippen LogP contribution in [0.2, 0.25) is 0 Å². The molecule has 0 saturated heterocycles. The maximum atomic E-state index is 12.5. The molecule has 106 valence electrons. The SMILES string of the molecule is CC(=O)SCCC#Cc1ccc(C(F)(F)F)cc1C=O. The monoisotopic (exact) mass is 300 g/mol. The standard InChI is InChI=1S/C14H11F3O2S/c1-10(19)20-7-3-2-4-11-5-6-13(14(15,16)17)8-12(11)9-18/h5-6,8-9H,3,7H2,1H3. The molecule has 2 nitrogen and oxygen atoms in total. The van der Waals surface area contributed by atoms with Crippen molar-refractivity contribution in [2.24, 2.45) is 0 Å². The number of thioether (sulfide) groups is 1. The first kappa shape index (κ1) is 16.3. The van der Waals surface area contributed by atoms with E-state index in [2.05, 4.69) is 11.8 Å². The number of carbonyl (C=O) groups is 2. The summed E-state index contributed by atoms with van der Waals surface area (Å²) < 4.78 is 37.4. The molecule has 0 bridgehead atoms. The predicted octanol–water partition coefficient (Wildman–Crippen LogP) is 3.54. The number of aldehydes is 1. The zero-order valence-corrected chi connectivity index (χ0v) is 11.4. The van der Waals surface area contributed by atoms with Gasteiger partial charge < -0.3 is 0 Å². The summed E-state index contributed by atoms with van der Waals surface area (Å²) in [4.78, 5) is 21.5. The molecule has 0 spiro atoms. The van der Waals surface area contributed by atoms with Gasteiger partial charge in [-0.1, -0.05) is 23.6 Å². The van der Waals surface area contributed by atoms with Crippen molar-refractivity contribution in [1.82, 2.24) is 0 Å². The molecule has 1 rings (SSSR count). The minimum absolute atomic E-state index is 0.0186. The number of benzene rings is 1. The fourth-order valence-electron chi connectivity index (χ4n) is 1.35. The Bertz CT molecular complexity index is 568. The van der Waals surface area contributed by atoms with Crippen molar-refractivity contribution in [1.29, 1.82) is 0 Å². The van der Waals surface area contributed by atoms with E-state index in [9.17, 15) is 22.8 Å². The van der Waals surface area contributed by atoms with Gasteiger partial charge >= 0.3 is 6.18 Å². The van der Waals surface area contributed by atoms with Gasteiger partial charge in [0.05, 0.1) is 5.56 Å². The second-order valence-corrected chi connectivity index (χ2v) is 5.08. The average Bonchev–Trinajstić information content (AvgIpc) is 2.36. The summed E-state index contributed by atoms with van der Waals surface area (Å²) in [7, 11) is 0. The van der Waals surface area contributed by atoms with Gasteiger partial charge in [0.2, 0.25) is 0 Å². The van der Waals surface area contributed by atoms with Gasteiger partial charge in [0.1, 0.15) is 0 Å². The Balaban J connectivity index is 2.84. The number of halogens is 3. The third-order valence-corrected chi connectivity index (χ3v) is 3.08. The van der Waals surface area contributed by atoms with Crippen LogP contribution in [0.4, 0.5) is 13.2 Å². The highest BCUT2D eigenvalue weighted by Gasteiger charge is 2.30. The molecule has 0 radical (unpaired) electrons. The molecule has 0 aliphatic heterocycles. The lowest BCUT2D eigenvalue weighted by atomic mass is 10.0. The smallest absolute Gasteiger partial charge is 0.298 e. The van der Waals surface area contributed by atoms with E-state index >= 15 is 0 Å². The largest absolute Gasteiger partial charge is 0.416 e. The Hall–Kier alpha value is -1.74. The third-order valence-electron chi connectivity index (χ3n) is 2.26. The van der Waals surface area contributed by atoms with Crippen LogP contribution >= 0.6 is 11.8 Å². The van der Waals surface area contributed by atoms with E-state index < -0.39 is 11.7 Å². The maximum Gasteiger partial charge on any atom is 0.416 e. The molecule has 0 heterocycles. The van der Waals surface area contributed by atoms with Gasteiger partial charge in [0, 0.05) is 30.2 Å². The van der Waals surface area contributed by atoms with Gasteiger partial charge in [0.15, 0.2) is 11.4 Å². The van der Waals surface area contributed by atoms with E-state index in [0.717, 1.165) is 23.9 Å². The van der Waals surface area contributed by atoms with E-state index in [1.807, 2.05) is 0 Å². The Labute approximate surface area is 118 Å². The first-order valence-electron chi connectivity index (χ1n) is 5.63. The Kier molecular flexibility index (Phi) is 5.83. The summed E-state index contributed by atoms with van der Waals surface area (Å²) in [6.45, 7) is 1.44. The van der Waals surface area contributed by atoms with Gasteiger partial charge in [0.25, 0.3) is 0 Å². The fraction of sp³-hybridized carbons (Fsp3) is 0.286. The molecule has 0 amide bonds. The lowest BCUT2D eigenvalue weighted by molar-refractivity contribution is -0.137. The second kappa shape index (κ2) is 7.15. The molecular weight excluding hydrogens is 289 g/mol. The third kappa shape index (κ3) is 5.10. The topological polar surface area (TPSA) is 34.1 Å². The van der Waals surface area contributed by atoms with E-state index in [-0.39, 0.29) is 16.2 Å². The van der Waals surface area contributed by atoms with Crippen molar-refractivity contribution in [3.8, 4) is 11.8 Å². The summed E-state index contributed by atoms with van der Waals surface area (Å²) in [5.74, 6) is 5.88. The minimum Gasteiger partial charge on any atom is -0.298 e. The second-order valence-electron chi connectivity index (χ2n) is 3.81. The van der Waals surface area contributed by atoms with Crippen molar-refractivity contribution in [3.05, 3.63) is 34.9 Å². The highest BCUT2D eigenvalue weighted by Crippen LogP contribution is 2.30. The van der Waals surface area contributed by atoms with E-state index in [0.29, 0.717) is 18.5 Å². The number of hydrogen-bond donors (Lipinski definition) is 0. The van der Waals surface area contributed by atoms with Crippen molar-refractivity contribution < 1.29 is 22.8 Å². The van der Waals surface area contributed by atoms with Gasteiger partial charge in [-0.05, 0) is 18.2 Å². The molecule has 0 atom stereocenters. The molecule has 0 aliphatic rings. The number of carbonyl (C=O) groups excluding carboxylic acids is 2. The molecule has 1 aromatic rings. The fourth-order valence-corrected chi connectivity index (χ4v) is 1.85. The van der Waals surface area contributed by atoms with Crippen molar-refractivity contribution in [2.75, 3.05) is 5.75 Å². The minimum atomic E-state index is -4.48. The van der Waals surface area contributed by atoms with Gasteiger partial charge in [-0.25, -0.2) is 0 Å².